The molecule has 6 heteroatoms. The van der Waals surface area contributed by atoms with Crippen LogP contribution in [0.25, 0.3) is 0 Å². The molecule has 1 aromatic rings. The summed E-state index contributed by atoms with van der Waals surface area (Å²) in [5.41, 5.74) is 7.32. The van der Waals surface area contributed by atoms with E-state index in [0.29, 0.717) is 6.54 Å². The molecule has 1 aliphatic heterocycles. The molecule has 19 heavy (non-hydrogen) atoms. The van der Waals surface area contributed by atoms with Gasteiger partial charge in [-0.3, -0.25) is 4.31 Å². The maximum atomic E-state index is 12.6. The van der Waals surface area contributed by atoms with Crippen molar-refractivity contribution in [1.82, 2.24) is 0 Å². The summed E-state index contributed by atoms with van der Waals surface area (Å²) in [5, 5.41) is -0.846. The third kappa shape index (κ3) is 2.60. The number of benzene rings is 1. The van der Waals surface area contributed by atoms with Gasteiger partial charge in [0.25, 0.3) is 0 Å². The van der Waals surface area contributed by atoms with Crippen molar-refractivity contribution in [1.29, 1.82) is 0 Å². The van der Waals surface area contributed by atoms with Gasteiger partial charge in [-0.05, 0) is 30.9 Å². The van der Waals surface area contributed by atoms with Crippen LogP contribution in [0.2, 0.25) is 0 Å². The van der Waals surface area contributed by atoms with Crippen molar-refractivity contribution in [2.75, 3.05) is 10.8 Å². The van der Waals surface area contributed by atoms with Crippen molar-refractivity contribution in [3.05, 3.63) is 29.8 Å². The Morgan fingerprint density at radius 1 is 1.47 bits per heavy atom. The monoisotopic (exact) mass is 298 g/mol. The molecular formula is C13H18N2O2S2. The van der Waals surface area contributed by atoms with Crippen LogP contribution in [0.5, 0.6) is 0 Å². The summed E-state index contributed by atoms with van der Waals surface area (Å²) >= 11 is 4.84. The van der Waals surface area contributed by atoms with Gasteiger partial charge in [0.15, 0.2) is 0 Å². The van der Waals surface area contributed by atoms with Gasteiger partial charge in [-0.1, -0.05) is 37.3 Å². The zero-order chi connectivity index (χ0) is 14.2. The molecule has 0 saturated carbocycles. The van der Waals surface area contributed by atoms with Gasteiger partial charge in [-0.2, -0.15) is 0 Å². The van der Waals surface area contributed by atoms with Crippen molar-refractivity contribution in [2.24, 2.45) is 11.7 Å². The van der Waals surface area contributed by atoms with Crippen molar-refractivity contribution < 1.29 is 8.42 Å². The van der Waals surface area contributed by atoms with Crippen LogP contribution in [0, 0.1) is 5.92 Å². The number of hydrogen-bond acceptors (Lipinski definition) is 3. The molecule has 1 heterocycles. The van der Waals surface area contributed by atoms with Crippen LogP contribution in [-0.2, 0) is 16.4 Å². The first-order valence-corrected chi connectivity index (χ1v) is 8.14. The summed E-state index contributed by atoms with van der Waals surface area (Å²) in [6.07, 6.45) is 0.893. The molecule has 0 spiro atoms. The number of fused-ring (bicyclic) bond motifs is 1. The highest BCUT2D eigenvalue weighted by molar-refractivity contribution is 7.95. The van der Waals surface area contributed by atoms with Gasteiger partial charge in [-0.25, -0.2) is 8.42 Å². The fraction of sp³-hybridized carbons (Fsp3) is 0.462. The lowest BCUT2D eigenvalue weighted by Gasteiger charge is -2.35. The minimum Gasteiger partial charge on any atom is -0.392 e. The Morgan fingerprint density at radius 2 is 2.11 bits per heavy atom. The van der Waals surface area contributed by atoms with Gasteiger partial charge in [-0.15, -0.1) is 0 Å². The predicted octanol–water partition coefficient (Wildman–Crippen LogP) is 1.69. The van der Waals surface area contributed by atoms with E-state index in [2.05, 4.69) is 0 Å². The fourth-order valence-corrected chi connectivity index (χ4v) is 4.28. The molecule has 2 unspecified atom stereocenters. The van der Waals surface area contributed by atoms with Crippen LogP contribution >= 0.6 is 12.2 Å². The number of hydrogen-bond donors (Lipinski definition) is 1. The van der Waals surface area contributed by atoms with Gasteiger partial charge < -0.3 is 5.73 Å². The highest BCUT2D eigenvalue weighted by Gasteiger charge is 2.35. The van der Waals surface area contributed by atoms with Crippen molar-refractivity contribution in [2.45, 2.75) is 25.5 Å². The Hall–Kier alpha value is -1.14. The largest absolute Gasteiger partial charge is 0.392 e. The van der Waals surface area contributed by atoms with E-state index in [9.17, 15) is 8.42 Å². The molecule has 1 aliphatic rings. The quantitative estimate of drug-likeness (QED) is 0.863. The fourth-order valence-electron chi connectivity index (χ4n) is 2.33. The standard InChI is InChI=1S/C13H18N2O2S2/c1-9-7-11-5-3-4-6-12(11)15(8-9)19(16,17)10(2)13(14)18/h3-6,9-10H,7-8H2,1-2H3,(H2,14,18). The van der Waals surface area contributed by atoms with Gasteiger partial charge >= 0.3 is 0 Å². The zero-order valence-corrected chi connectivity index (χ0v) is 12.7. The van der Waals surface area contributed by atoms with E-state index in [-0.39, 0.29) is 10.9 Å². The summed E-state index contributed by atoms with van der Waals surface area (Å²) in [6, 6.07) is 7.59. The molecular weight excluding hydrogens is 280 g/mol. The summed E-state index contributed by atoms with van der Waals surface area (Å²) in [4.78, 5) is 0.00991. The van der Waals surface area contributed by atoms with Crippen LogP contribution in [0.4, 0.5) is 5.69 Å². The highest BCUT2D eigenvalue weighted by Crippen LogP contribution is 2.32. The van der Waals surface area contributed by atoms with E-state index in [1.807, 2.05) is 31.2 Å². The van der Waals surface area contributed by atoms with Crippen LogP contribution in [0.3, 0.4) is 0 Å². The molecule has 0 fully saturated rings. The second-order valence-corrected chi connectivity index (χ2v) is 7.71. The lowest BCUT2D eigenvalue weighted by Crippen LogP contribution is -2.47. The summed E-state index contributed by atoms with van der Waals surface area (Å²) in [6.45, 7) is 4.07. The SMILES string of the molecule is CC1Cc2ccccc2N(S(=O)(=O)C(C)C(N)=S)C1. The van der Waals surface area contributed by atoms with Crippen molar-refractivity contribution in [3.8, 4) is 0 Å². The smallest absolute Gasteiger partial charge is 0.244 e. The third-order valence-electron chi connectivity index (χ3n) is 3.46. The molecule has 1 aromatic carbocycles. The number of rotatable bonds is 3. The molecule has 0 saturated heterocycles. The summed E-state index contributed by atoms with van der Waals surface area (Å²) in [7, 11) is -3.54. The predicted molar refractivity (Wildman–Crippen MR) is 81.8 cm³/mol. The van der Waals surface area contributed by atoms with E-state index >= 15 is 0 Å². The molecule has 2 rings (SSSR count). The van der Waals surface area contributed by atoms with E-state index in [4.69, 9.17) is 18.0 Å². The Morgan fingerprint density at radius 3 is 2.74 bits per heavy atom. The Labute approximate surface area is 119 Å². The molecule has 0 amide bonds. The average molecular weight is 298 g/mol. The molecule has 0 aromatic heterocycles. The van der Waals surface area contributed by atoms with Crippen molar-refractivity contribution in [3.63, 3.8) is 0 Å². The van der Waals surface area contributed by atoms with Crippen LogP contribution in [0.1, 0.15) is 19.4 Å². The molecule has 0 aliphatic carbocycles. The minimum absolute atomic E-state index is 0.00991. The third-order valence-corrected chi connectivity index (χ3v) is 6.07. The first-order chi connectivity index (χ1) is 8.84. The lowest BCUT2D eigenvalue weighted by atomic mass is 9.96. The van der Waals surface area contributed by atoms with E-state index < -0.39 is 15.3 Å². The molecule has 2 N–H and O–H groups in total. The molecule has 2 atom stereocenters. The number of anilines is 1. The lowest BCUT2D eigenvalue weighted by molar-refractivity contribution is 0.543. The number of para-hydroxylation sites is 1. The topological polar surface area (TPSA) is 63.4 Å². The summed E-state index contributed by atoms with van der Waals surface area (Å²) < 4.78 is 26.6. The normalized spacial score (nSPS) is 20.7. The zero-order valence-electron chi connectivity index (χ0n) is 11.0. The molecule has 0 radical (unpaired) electrons. The minimum atomic E-state index is -3.54. The summed E-state index contributed by atoms with van der Waals surface area (Å²) in [5.74, 6) is 0.281. The Bertz CT molecular complexity index is 598. The van der Waals surface area contributed by atoms with E-state index in [0.717, 1.165) is 17.7 Å². The van der Waals surface area contributed by atoms with Crippen molar-refractivity contribution >= 4 is 32.9 Å². The second-order valence-electron chi connectivity index (χ2n) is 5.06. The number of nitrogens with zero attached hydrogens (tertiary/aromatic N) is 1. The first-order valence-electron chi connectivity index (χ1n) is 6.23. The second kappa shape index (κ2) is 5.09. The number of thiocarbonyl (C=S) groups is 1. The van der Waals surface area contributed by atoms with Crippen LogP contribution < -0.4 is 10.0 Å². The first kappa shape index (κ1) is 14.3. The molecule has 4 nitrogen and oxygen atoms in total. The average Bonchev–Trinajstić information content (AvgIpc) is 2.36. The Kier molecular flexibility index (Phi) is 3.82. The van der Waals surface area contributed by atoms with Gasteiger partial charge in [0.2, 0.25) is 10.0 Å². The molecule has 0 bridgehead atoms. The van der Waals surface area contributed by atoms with Crippen LogP contribution in [0.15, 0.2) is 24.3 Å². The van der Waals surface area contributed by atoms with Gasteiger partial charge in [0.05, 0.1) is 10.7 Å². The Balaban J connectivity index is 2.49. The van der Waals surface area contributed by atoms with E-state index in [1.165, 1.54) is 4.31 Å². The van der Waals surface area contributed by atoms with Gasteiger partial charge in [0.1, 0.15) is 5.25 Å². The van der Waals surface area contributed by atoms with Crippen LogP contribution in [-0.4, -0.2) is 25.2 Å². The number of nitrogens with two attached hydrogens (primary N) is 1. The molecule has 104 valence electrons. The highest BCUT2D eigenvalue weighted by atomic mass is 32.2. The maximum absolute atomic E-state index is 12.6. The maximum Gasteiger partial charge on any atom is 0.244 e. The van der Waals surface area contributed by atoms with Gasteiger partial charge in [0, 0.05) is 6.54 Å². The van der Waals surface area contributed by atoms with E-state index in [1.54, 1.807) is 6.92 Å². The number of sulfonamides is 1.